The first-order chi connectivity index (χ1) is 9.70. The standard InChI is InChI=1S/C14H18F3N3O/c1-8-4-5-20(7-11(8)18)12-3-2-9(14(15,16)17)6-10(12)13(19)21/h2-3,6,8,11H,4-5,7,18H2,1H3,(H2,19,21). The summed E-state index contributed by atoms with van der Waals surface area (Å²) in [4.78, 5) is 13.3. The van der Waals surface area contributed by atoms with Crippen LogP contribution in [0.4, 0.5) is 18.9 Å². The Hall–Kier alpha value is -1.76. The highest BCUT2D eigenvalue weighted by Gasteiger charge is 2.33. The number of carbonyl (C=O) groups is 1. The lowest BCUT2D eigenvalue weighted by Gasteiger charge is -2.37. The number of hydrogen-bond acceptors (Lipinski definition) is 3. The van der Waals surface area contributed by atoms with Crippen molar-refractivity contribution in [3.8, 4) is 0 Å². The third-order valence-corrected chi connectivity index (χ3v) is 3.95. The minimum Gasteiger partial charge on any atom is -0.369 e. The van der Waals surface area contributed by atoms with E-state index in [1.165, 1.54) is 6.07 Å². The largest absolute Gasteiger partial charge is 0.416 e. The molecular formula is C14H18F3N3O. The lowest BCUT2D eigenvalue weighted by Crippen LogP contribution is -2.48. The number of piperidine rings is 1. The summed E-state index contributed by atoms with van der Waals surface area (Å²) in [5.74, 6) is -0.531. The molecule has 2 rings (SSSR count). The molecule has 0 aromatic heterocycles. The minimum absolute atomic E-state index is 0.0817. The lowest BCUT2D eigenvalue weighted by atomic mass is 9.93. The van der Waals surface area contributed by atoms with E-state index in [4.69, 9.17) is 11.5 Å². The zero-order valence-electron chi connectivity index (χ0n) is 11.7. The fraction of sp³-hybridized carbons (Fsp3) is 0.500. The smallest absolute Gasteiger partial charge is 0.369 e. The van der Waals surface area contributed by atoms with E-state index < -0.39 is 17.6 Å². The molecule has 0 aliphatic carbocycles. The maximum absolute atomic E-state index is 12.7. The van der Waals surface area contributed by atoms with Gasteiger partial charge in [0.15, 0.2) is 0 Å². The Morgan fingerprint density at radius 3 is 2.57 bits per heavy atom. The minimum atomic E-state index is -4.50. The van der Waals surface area contributed by atoms with Crippen molar-refractivity contribution in [2.24, 2.45) is 17.4 Å². The highest BCUT2D eigenvalue weighted by atomic mass is 19.4. The van der Waals surface area contributed by atoms with E-state index in [9.17, 15) is 18.0 Å². The zero-order chi connectivity index (χ0) is 15.8. The zero-order valence-corrected chi connectivity index (χ0v) is 11.7. The van der Waals surface area contributed by atoms with Gasteiger partial charge in [-0.3, -0.25) is 4.79 Å². The van der Waals surface area contributed by atoms with Crippen molar-refractivity contribution in [3.05, 3.63) is 29.3 Å². The lowest BCUT2D eigenvalue weighted by molar-refractivity contribution is -0.137. The quantitative estimate of drug-likeness (QED) is 0.877. The van der Waals surface area contributed by atoms with Gasteiger partial charge < -0.3 is 16.4 Å². The van der Waals surface area contributed by atoms with Crippen LogP contribution in [-0.2, 0) is 6.18 Å². The molecule has 4 N–H and O–H groups in total. The van der Waals surface area contributed by atoms with Gasteiger partial charge in [0.05, 0.1) is 11.1 Å². The predicted octanol–water partition coefficient (Wildman–Crippen LogP) is 1.98. The van der Waals surface area contributed by atoms with Crippen molar-refractivity contribution in [1.29, 1.82) is 0 Å². The van der Waals surface area contributed by atoms with Crippen LogP contribution in [0.5, 0.6) is 0 Å². The normalized spacial score (nSPS) is 23.2. The third kappa shape index (κ3) is 3.29. The van der Waals surface area contributed by atoms with Crippen LogP contribution in [0.3, 0.4) is 0 Å². The summed E-state index contributed by atoms with van der Waals surface area (Å²) in [6.45, 7) is 3.16. The van der Waals surface area contributed by atoms with E-state index in [0.29, 0.717) is 24.7 Å². The van der Waals surface area contributed by atoms with Crippen LogP contribution >= 0.6 is 0 Å². The van der Waals surface area contributed by atoms with Gasteiger partial charge in [0.25, 0.3) is 5.91 Å². The number of nitrogens with two attached hydrogens (primary N) is 2. The van der Waals surface area contributed by atoms with Gasteiger partial charge in [0, 0.05) is 24.8 Å². The predicted molar refractivity (Wildman–Crippen MR) is 73.9 cm³/mol. The SMILES string of the molecule is CC1CCN(c2ccc(C(F)(F)F)cc2C(N)=O)CC1N. The first-order valence-electron chi connectivity index (χ1n) is 6.71. The van der Waals surface area contributed by atoms with Crippen molar-refractivity contribution >= 4 is 11.6 Å². The van der Waals surface area contributed by atoms with Crippen molar-refractivity contribution in [2.75, 3.05) is 18.0 Å². The van der Waals surface area contributed by atoms with E-state index in [2.05, 4.69) is 0 Å². The summed E-state index contributed by atoms with van der Waals surface area (Å²) in [5.41, 5.74) is 10.6. The molecule has 1 aliphatic heterocycles. The molecule has 1 aromatic carbocycles. The van der Waals surface area contributed by atoms with Crippen LogP contribution in [0.1, 0.15) is 29.3 Å². The molecule has 0 spiro atoms. The van der Waals surface area contributed by atoms with Gasteiger partial charge in [-0.2, -0.15) is 13.2 Å². The van der Waals surface area contributed by atoms with Crippen LogP contribution in [0.15, 0.2) is 18.2 Å². The molecule has 1 amide bonds. The molecule has 2 atom stereocenters. The summed E-state index contributed by atoms with van der Waals surface area (Å²) >= 11 is 0. The van der Waals surface area contributed by atoms with Gasteiger partial charge in [0.1, 0.15) is 0 Å². The van der Waals surface area contributed by atoms with Crippen LogP contribution in [0.25, 0.3) is 0 Å². The molecule has 7 heteroatoms. The topological polar surface area (TPSA) is 72.3 Å². The summed E-state index contributed by atoms with van der Waals surface area (Å²) < 4.78 is 38.2. The maximum atomic E-state index is 12.7. The average Bonchev–Trinajstić information content (AvgIpc) is 2.40. The third-order valence-electron chi connectivity index (χ3n) is 3.95. The van der Waals surface area contributed by atoms with E-state index in [-0.39, 0.29) is 11.6 Å². The summed E-state index contributed by atoms with van der Waals surface area (Å²) in [7, 11) is 0. The van der Waals surface area contributed by atoms with Gasteiger partial charge in [-0.1, -0.05) is 6.92 Å². The van der Waals surface area contributed by atoms with Crippen LogP contribution < -0.4 is 16.4 Å². The Morgan fingerprint density at radius 2 is 2.05 bits per heavy atom. The number of hydrogen-bond donors (Lipinski definition) is 2. The van der Waals surface area contributed by atoms with E-state index in [0.717, 1.165) is 18.6 Å². The number of anilines is 1. The number of halogens is 3. The number of benzene rings is 1. The van der Waals surface area contributed by atoms with Crippen molar-refractivity contribution in [3.63, 3.8) is 0 Å². The van der Waals surface area contributed by atoms with Crippen molar-refractivity contribution < 1.29 is 18.0 Å². The fourth-order valence-electron chi connectivity index (χ4n) is 2.50. The van der Waals surface area contributed by atoms with E-state index >= 15 is 0 Å². The molecule has 4 nitrogen and oxygen atoms in total. The van der Waals surface area contributed by atoms with Gasteiger partial charge >= 0.3 is 6.18 Å². The molecule has 1 aromatic rings. The second-order valence-electron chi connectivity index (χ2n) is 5.47. The van der Waals surface area contributed by atoms with E-state index in [1.807, 2.05) is 11.8 Å². The molecule has 2 unspecified atom stereocenters. The van der Waals surface area contributed by atoms with Crippen molar-refractivity contribution in [1.82, 2.24) is 0 Å². The first-order valence-corrected chi connectivity index (χ1v) is 6.71. The van der Waals surface area contributed by atoms with E-state index in [1.54, 1.807) is 0 Å². The Bertz CT molecular complexity index is 545. The van der Waals surface area contributed by atoms with Crippen LogP contribution in [0, 0.1) is 5.92 Å². The van der Waals surface area contributed by atoms with Crippen molar-refractivity contribution in [2.45, 2.75) is 25.6 Å². The Labute approximate surface area is 120 Å². The molecule has 0 radical (unpaired) electrons. The number of primary amides is 1. The number of nitrogens with zero attached hydrogens (tertiary/aromatic N) is 1. The Balaban J connectivity index is 2.38. The molecular weight excluding hydrogens is 283 g/mol. The molecule has 1 fully saturated rings. The molecule has 21 heavy (non-hydrogen) atoms. The number of alkyl halides is 3. The highest BCUT2D eigenvalue weighted by Crippen LogP contribution is 2.33. The Kier molecular flexibility index (Phi) is 4.13. The summed E-state index contributed by atoms with van der Waals surface area (Å²) in [5, 5.41) is 0. The Morgan fingerprint density at radius 1 is 1.38 bits per heavy atom. The maximum Gasteiger partial charge on any atom is 0.416 e. The molecule has 0 bridgehead atoms. The molecule has 1 heterocycles. The van der Waals surface area contributed by atoms with Gasteiger partial charge in [0.2, 0.25) is 0 Å². The first kappa shape index (κ1) is 15.6. The van der Waals surface area contributed by atoms with Gasteiger partial charge in [-0.25, -0.2) is 0 Å². The summed E-state index contributed by atoms with van der Waals surface area (Å²) in [6, 6.07) is 2.99. The molecule has 1 aliphatic rings. The van der Waals surface area contributed by atoms with Gasteiger partial charge in [-0.15, -0.1) is 0 Å². The number of amides is 1. The number of rotatable bonds is 2. The van der Waals surface area contributed by atoms with Crippen LogP contribution in [0.2, 0.25) is 0 Å². The number of carbonyl (C=O) groups excluding carboxylic acids is 1. The fourth-order valence-corrected chi connectivity index (χ4v) is 2.50. The van der Waals surface area contributed by atoms with Gasteiger partial charge in [-0.05, 0) is 30.5 Å². The summed E-state index contributed by atoms with van der Waals surface area (Å²) in [6.07, 6.45) is -3.68. The highest BCUT2D eigenvalue weighted by molar-refractivity contribution is 5.99. The molecule has 1 saturated heterocycles. The molecule has 116 valence electrons. The van der Waals surface area contributed by atoms with Crippen LogP contribution in [-0.4, -0.2) is 25.0 Å². The monoisotopic (exact) mass is 301 g/mol. The average molecular weight is 301 g/mol. The second kappa shape index (κ2) is 5.55. The molecule has 0 saturated carbocycles. The second-order valence-corrected chi connectivity index (χ2v) is 5.47.